The van der Waals surface area contributed by atoms with Crippen LogP contribution in [0.5, 0.6) is 0 Å². The largest absolute Gasteiger partial charge is 0.399 e. The molecule has 1 aromatic rings. The zero-order valence-corrected chi connectivity index (χ0v) is 11.5. The molecule has 1 unspecified atom stereocenters. The quantitative estimate of drug-likeness (QED) is 0.825. The highest BCUT2D eigenvalue weighted by Crippen LogP contribution is 2.17. The lowest BCUT2D eigenvalue weighted by Gasteiger charge is -2.22. The Kier molecular flexibility index (Phi) is 3.92. The molecule has 100 valence electrons. The predicted octanol–water partition coefficient (Wildman–Crippen LogP) is 0.930. The number of benzene rings is 1. The van der Waals surface area contributed by atoms with Gasteiger partial charge in [-0.05, 0) is 37.6 Å². The van der Waals surface area contributed by atoms with Crippen LogP contribution in [-0.4, -0.2) is 44.5 Å². The van der Waals surface area contributed by atoms with Gasteiger partial charge in [0, 0.05) is 18.3 Å². The Morgan fingerprint density at radius 1 is 1.44 bits per heavy atom. The SMILES string of the molecule is CN(CCc1cccc(N)c1)C1CCS(=O)(=O)C1. The smallest absolute Gasteiger partial charge is 0.151 e. The van der Waals surface area contributed by atoms with Gasteiger partial charge in [0.05, 0.1) is 11.5 Å². The molecule has 1 fully saturated rings. The number of nitrogen functional groups attached to an aromatic ring is 1. The van der Waals surface area contributed by atoms with Crippen molar-refractivity contribution in [3.8, 4) is 0 Å². The minimum atomic E-state index is -2.79. The van der Waals surface area contributed by atoms with E-state index in [2.05, 4.69) is 11.0 Å². The fraction of sp³-hybridized carbons (Fsp3) is 0.538. The molecule has 1 atom stereocenters. The lowest BCUT2D eigenvalue weighted by Crippen LogP contribution is -2.34. The third kappa shape index (κ3) is 3.46. The van der Waals surface area contributed by atoms with Crippen LogP contribution in [0.1, 0.15) is 12.0 Å². The molecule has 1 saturated heterocycles. The number of nitrogens with zero attached hydrogens (tertiary/aromatic N) is 1. The number of likely N-dealkylation sites (N-methyl/N-ethyl adjacent to an activating group) is 1. The summed E-state index contributed by atoms with van der Waals surface area (Å²) in [6, 6.07) is 8.02. The Morgan fingerprint density at radius 2 is 2.22 bits per heavy atom. The van der Waals surface area contributed by atoms with Gasteiger partial charge >= 0.3 is 0 Å². The van der Waals surface area contributed by atoms with Crippen LogP contribution in [0.3, 0.4) is 0 Å². The van der Waals surface area contributed by atoms with Gasteiger partial charge in [-0.15, -0.1) is 0 Å². The van der Waals surface area contributed by atoms with Gasteiger partial charge in [-0.3, -0.25) is 0 Å². The first-order valence-electron chi connectivity index (χ1n) is 6.21. The van der Waals surface area contributed by atoms with Gasteiger partial charge in [-0.25, -0.2) is 8.42 Å². The molecule has 0 saturated carbocycles. The highest BCUT2D eigenvalue weighted by atomic mass is 32.2. The van der Waals surface area contributed by atoms with Crippen LogP contribution in [0.25, 0.3) is 0 Å². The van der Waals surface area contributed by atoms with E-state index in [-0.39, 0.29) is 6.04 Å². The number of hydrogen-bond acceptors (Lipinski definition) is 4. The molecule has 0 spiro atoms. The number of rotatable bonds is 4. The van der Waals surface area contributed by atoms with Gasteiger partial charge in [-0.2, -0.15) is 0 Å². The Labute approximate surface area is 109 Å². The monoisotopic (exact) mass is 268 g/mol. The standard InChI is InChI=1S/C13H20N2O2S/c1-15(13-6-8-18(16,17)10-13)7-5-11-3-2-4-12(14)9-11/h2-4,9,13H,5-8,10,14H2,1H3. The second-order valence-electron chi connectivity index (χ2n) is 5.03. The summed E-state index contributed by atoms with van der Waals surface area (Å²) >= 11 is 0. The zero-order valence-electron chi connectivity index (χ0n) is 10.7. The van der Waals surface area contributed by atoms with Gasteiger partial charge < -0.3 is 10.6 Å². The normalized spacial score (nSPS) is 22.4. The summed E-state index contributed by atoms with van der Waals surface area (Å²) in [5, 5.41) is 0. The average Bonchev–Trinajstić information content (AvgIpc) is 2.67. The molecule has 0 amide bonds. The molecule has 1 aromatic carbocycles. The van der Waals surface area contributed by atoms with E-state index in [4.69, 9.17) is 5.73 Å². The minimum absolute atomic E-state index is 0.177. The van der Waals surface area contributed by atoms with Crippen LogP contribution >= 0.6 is 0 Å². The molecule has 0 bridgehead atoms. The van der Waals surface area contributed by atoms with E-state index >= 15 is 0 Å². The van der Waals surface area contributed by atoms with Crippen LogP contribution in [0.4, 0.5) is 5.69 Å². The maximum Gasteiger partial charge on any atom is 0.151 e. The highest BCUT2D eigenvalue weighted by Gasteiger charge is 2.30. The Balaban J connectivity index is 1.87. The molecule has 0 aliphatic carbocycles. The van der Waals surface area contributed by atoms with Gasteiger partial charge in [0.15, 0.2) is 9.84 Å². The van der Waals surface area contributed by atoms with E-state index < -0.39 is 9.84 Å². The van der Waals surface area contributed by atoms with E-state index in [0.29, 0.717) is 11.5 Å². The Hall–Kier alpha value is -1.07. The maximum absolute atomic E-state index is 11.4. The maximum atomic E-state index is 11.4. The Morgan fingerprint density at radius 3 is 2.83 bits per heavy atom. The molecule has 18 heavy (non-hydrogen) atoms. The first kappa shape index (κ1) is 13.4. The molecular formula is C13H20N2O2S. The van der Waals surface area contributed by atoms with Crippen molar-refractivity contribution in [2.24, 2.45) is 0 Å². The van der Waals surface area contributed by atoms with Crippen LogP contribution in [0, 0.1) is 0 Å². The zero-order chi connectivity index (χ0) is 13.2. The van der Waals surface area contributed by atoms with E-state index in [0.717, 1.165) is 25.1 Å². The van der Waals surface area contributed by atoms with E-state index in [1.165, 1.54) is 5.56 Å². The molecule has 2 rings (SSSR count). The van der Waals surface area contributed by atoms with Crippen LogP contribution in [0.2, 0.25) is 0 Å². The van der Waals surface area contributed by atoms with Crippen molar-refractivity contribution in [1.29, 1.82) is 0 Å². The summed E-state index contributed by atoms with van der Waals surface area (Å²) in [7, 11) is -0.794. The van der Waals surface area contributed by atoms with Gasteiger partial charge in [0.1, 0.15) is 0 Å². The molecule has 0 aromatic heterocycles. The van der Waals surface area contributed by atoms with Gasteiger partial charge in [0.25, 0.3) is 0 Å². The summed E-state index contributed by atoms with van der Waals surface area (Å²) in [5.41, 5.74) is 7.70. The lowest BCUT2D eigenvalue weighted by molar-refractivity contribution is 0.265. The second-order valence-corrected chi connectivity index (χ2v) is 7.26. The average molecular weight is 268 g/mol. The molecule has 1 heterocycles. The lowest BCUT2D eigenvalue weighted by atomic mass is 10.1. The molecule has 1 aliphatic rings. The summed E-state index contributed by atoms with van der Waals surface area (Å²) < 4.78 is 22.8. The fourth-order valence-corrected chi connectivity index (χ4v) is 4.16. The molecular weight excluding hydrogens is 248 g/mol. The summed E-state index contributed by atoms with van der Waals surface area (Å²) in [4.78, 5) is 2.15. The number of sulfone groups is 1. The number of hydrogen-bond donors (Lipinski definition) is 1. The predicted molar refractivity (Wildman–Crippen MR) is 74.2 cm³/mol. The Bertz CT molecular complexity index is 513. The number of nitrogens with two attached hydrogens (primary N) is 1. The summed E-state index contributed by atoms with van der Waals surface area (Å²) in [5.74, 6) is 0.640. The van der Waals surface area contributed by atoms with Crippen LogP contribution in [-0.2, 0) is 16.3 Å². The van der Waals surface area contributed by atoms with E-state index in [1.807, 2.05) is 25.2 Å². The van der Waals surface area contributed by atoms with Crippen LogP contribution < -0.4 is 5.73 Å². The molecule has 5 heteroatoms. The van der Waals surface area contributed by atoms with Crippen molar-refractivity contribution in [2.75, 3.05) is 30.8 Å². The van der Waals surface area contributed by atoms with E-state index in [9.17, 15) is 8.42 Å². The van der Waals surface area contributed by atoms with Crippen molar-refractivity contribution < 1.29 is 8.42 Å². The minimum Gasteiger partial charge on any atom is -0.399 e. The molecule has 4 nitrogen and oxygen atoms in total. The second kappa shape index (κ2) is 5.28. The highest BCUT2D eigenvalue weighted by molar-refractivity contribution is 7.91. The van der Waals surface area contributed by atoms with Crippen LogP contribution in [0.15, 0.2) is 24.3 Å². The molecule has 2 N–H and O–H groups in total. The molecule has 0 radical (unpaired) electrons. The third-order valence-electron chi connectivity index (χ3n) is 3.54. The summed E-state index contributed by atoms with van der Waals surface area (Å²) in [6.45, 7) is 0.865. The van der Waals surface area contributed by atoms with Gasteiger partial charge in [-0.1, -0.05) is 12.1 Å². The van der Waals surface area contributed by atoms with E-state index in [1.54, 1.807) is 0 Å². The number of anilines is 1. The first-order chi connectivity index (χ1) is 8.46. The van der Waals surface area contributed by atoms with Crippen molar-refractivity contribution in [3.63, 3.8) is 0 Å². The topological polar surface area (TPSA) is 63.4 Å². The summed E-state index contributed by atoms with van der Waals surface area (Å²) in [6.07, 6.45) is 1.66. The van der Waals surface area contributed by atoms with Crippen molar-refractivity contribution in [3.05, 3.63) is 29.8 Å². The third-order valence-corrected chi connectivity index (χ3v) is 5.29. The van der Waals surface area contributed by atoms with Crippen molar-refractivity contribution in [2.45, 2.75) is 18.9 Å². The molecule has 1 aliphatic heterocycles. The van der Waals surface area contributed by atoms with Gasteiger partial charge in [0.2, 0.25) is 0 Å². The van der Waals surface area contributed by atoms with Crippen molar-refractivity contribution >= 4 is 15.5 Å². The van der Waals surface area contributed by atoms with Crippen molar-refractivity contribution in [1.82, 2.24) is 4.90 Å². The fourth-order valence-electron chi connectivity index (χ4n) is 2.36. The first-order valence-corrected chi connectivity index (χ1v) is 8.03.